The summed E-state index contributed by atoms with van der Waals surface area (Å²) in [6, 6.07) is 10.8. The van der Waals surface area contributed by atoms with E-state index >= 15 is 0 Å². The summed E-state index contributed by atoms with van der Waals surface area (Å²) in [5.41, 5.74) is 3.33. The Balaban J connectivity index is 1.29. The Hall–Kier alpha value is -2.56. The molecule has 0 radical (unpaired) electrons. The number of nitrogens with zero attached hydrogens (tertiary/aromatic N) is 2. The van der Waals surface area contributed by atoms with Crippen LogP contribution in [0.3, 0.4) is 0 Å². The lowest BCUT2D eigenvalue weighted by molar-refractivity contribution is -0.121. The van der Waals surface area contributed by atoms with Gasteiger partial charge in [-0.1, -0.05) is 31.2 Å². The summed E-state index contributed by atoms with van der Waals surface area (Å²) < 4.78 is 6.08. The van der Waals surface area contributed by atoms with Crippen LogP contribution in [0.25, 0.3) is 0 Å². The Morgan fingerprint density at radius 3 is 2.67 bits per heavy atom. The van der Waals surface area contributed by atoms with E-state index in [0.717, 1.165) is 48.8 Å². The van der Waals surface area contributed by atoms with Crippen LogP contribution in [0.4, 0.5) is 5.69 Å². The molecule has 160 valence electrons. The lowest BCUT2D eigenvalue weighted by Gasteiger charge is -2.26. The molecule has 5 heteroatoms. The molecule has 2 aromatic rings. The van der Waals surface area contributed by atoms with Gasteiger partial charge in [-0.2, -0.15) is 0 Å². The third kappa shape index (κ3) is 5.32. The highest BCUT2D eigenvalue weighted by Gasteiger charge is 2.26. The van der Waals surface area contributed by atoms with E-state index in [1.54, 1.807) is 6.20 Å². The molecule has 2 fully saturated rings. The fourth-order valence-electron chi connectivity index (χ4n) is 3.93. The van der Waals surface area contributed by atoms with E-state index in [2.05, 4.69) is 66.3 Å². The van der Waals surface area contributed by atoms with Crippen LogP contribution >= 0.6 is 0 Å². The number of hydrogen-bond acceptors (Lipinski definition) is 4. The van der Waals surface area contributed by atoms with Crippen LogP contribution in [0.15, 0.2) is 42.7 Å². The van der Waals surface area contributed by atoms with E-state index in [0.29, 0.717) is 6.42 Å². The number of anilines is 1. The van der Waals surface area contributed by atoms with Gasteiger partial charge in [-0.15, -0.1) is 0 Å². The Morgan fingerprint density at radius 2 is 1.97 bits per heavy atom. The molecule has 1 aliphatic heterocycles. The minimum Gasteiger partial charge on any atom is -0.486 e. The fourth-order valence-corrected chi connectivity index (χ4v) is 3.93. The molecule has 0 bridgehead atoms. The Bertz CT molecular complexity index is 874. The molecule has 1 amide bonds. The molecule has 4 rings (SSSR count). The summed E-state index contributed by atoms with van der Waals surface area (Å²) in [5.74, 6) is 1.64. The van der Waals surface area contributed by atoms with Gasteiger partial charge >= 0.3 is 0 Å². The van der Waals surface area contributed by atoms with Crippen molar-refractivity contribution >= 4 is 11.6 Å². The molecule has 1 saturated carbocycles. The first-order chi connectivity index (χ1) is 14.4. The van der Waals surface area contributed by atoms with Crippen molar-refractivity contribution in [3.8, 4) is 5.75 Å². The van der Waals surface area contributed by atoms with Crippen molar-refractivity contribution in [2.45, 2.75) is 70.4 Å². The zero-order chi connectivity index (χ0) is 21.1. The molecule has 0 spiro atoms. The summed E-state index contributed by atoms with van der Waals surface area (Å²) in [5, 5.41) is 3.21. The van der Waals surface area contributed by atoms with Crippen LogP contribution in [0.2, 0.25) is 0 Å². The molecule has 2 aliphatic rings. The van der Waals surface area contributed by atoms with Crippen LogP contribution in [0.5, 0.6) is 5.75 Å². The standard InChI is InChI=1S/C25H33N3O2/c1-4-25(2,3)30-23-14-22(15-26-16-23)28-12-11-21(17-28)27-24(29)13-18-5-7-19(8-6-18)20-9-10-20/h5-8,14-16,20-21H,4,9-13,17H2,1-3H3,(H,27,29)/t21-/m1/s1. The number of rotatable bonds is 8. The maximum absolute atomic E-state index is 12.5. The minimum atomic E-state index is -0.210. The lowest BCUT2D eigenvalue weighted by atomic mass is 10.1. The molecule has 1 saturated heterocycles. The topological polar surface area (TPSA) is 54.5 Å². The number of aromatic nitrogens is 1. The number of carbonyl (C=O) groups excluding carboxylic acids is 1. The number of benzene rings is 1. The zero-order valence-electron chi connectivity index (χ0n) is 18.4. The van der Waals surface area contributed by atoms with Crippen molar-refractivity contribution < 1.29 is 9.53 Å². The molecule has 0 unspecified atom stereocenters. The third-order valence-electron chi connectivity index (χ3n) is 6.26. The van der Waals surface area contributed by atoms with E-state index in [9.17, 15) is 4.79 Å². The molecule has 1 atom stereocenters. The van der Waals surface area contributed by atoms with Crippen LogP contribution in [0, 0.1) is 0 Å². The van der Waals surface area contributed by atoms with Crippen LogP contribution < -0.4 is 15.0 Å². The molecule has 2 heterocycles. The third-order valence-corrected chi connectivity index (χ3v) is 6.26. The summed E-state index contributed by atoms with van der Waals surface area (Å²) in [4.78, 5) is 19.2. The second-order valence-corrected chi connectivity index (χ2v) is 9.29. The van der Waals surface area contributed by atoms with Crippen molar-refractivity contribution in [3.05, 3.63) is 53.9 Å². The van der Waals surface area contributed by atoms with Gasteiger partial charge in [0, 0.05) is 25.2 Å². The second kappa shape index (κ2) is 8.66. The van der Waals surface area contributed by atoms with Gasteiger partial charge in [0.15, 0.2) is 0 Å². The lowest BCUT2D eigenvalue weighted by Crippen LogP contribution is -2.38. The van der Waals surface area contributed by atoms with E-state index in [4.69, 9.17) is 4.74 Å². The predicted octanol–water partition coefficient (Wildman–Crippen LogP) is 4.46. The zero-order valence-corrected chi connectivity index (χ0v) is 18.4. The SMILES string of the molecule is CCC(C)(C)Oc1cncc(N2CC[C@@H](NC(=O)Cc3ccc(C4CC4)cc3)C2)c1. The van der Waals surface area contributed by atoms with Crippen LogP contribution in [-0.2, 0) is 11.2 Å². The van der Waals surface area contributed by atoms with Crippen molar-refractivity contribution in [1.82, 2.24) is 10.3 Å². The van der Waals surface area contributed by atoms with Crippen molar-refractivity contribution in [2.24, 2.45) is 0 Å². The molecule has 5 nitrogen and oxygen atoms in total. The van der Waals surface area contributed by atoms with Crippen molar-refractivity contribution in [3.63, 3.8) is 0 Å². The van der Waals surface area contributed by atoms with Gasteiger partial charge in [-0.25, -0.2) is 0 Å². The van der Waals surface area contributed by atoms with Gasteiger partial charge in [0.25, 0.3) is 0 Å². The highest BCUT2D eigenvalue weighted by molar-refractivity contribution is 5.79. The number of pyridine rings is 1. The quantitative estimate of drug-likeness (QED) is 0.702. The monoisotopic (exact) mass is 407 g/mol. The Labute approximate surface area is 179 Å². The highest BCUT2D eigenvalue weighted by atomic mass is 16.5. The average Bonchev–Trinajstić information content (AvgIpc) is 3.47. The number of hydrogen-bond donors (Lipinski definition) is 1. The molecular formula is C25H33N3O2. The summed E-state index contributed by atoms with van der Waals surface area (Å²) in [6.07, 6.45) is 8.56. The maximum Gasteiger partial charge on any atom is 0.224 e. The molecule has 1 N–H and O–H groups in total. The second-order valence-electron chi connectivity index (χ2n) is 9.29. The molecule has 1 aromatic carbocycles. The minimum absolute atomic E-state index is 0.0981. The van der Waals surface area contributed by atoms with Gasteiger partial charge in [-0.05, 0) is 56.6 Å². The van der Waals surface area contributed by atoms with Gasteiger partial charge < -0.3 is 15.0 Å². The molecule has 1 aliphatic carbocycles. The summed E-state index contributed by atoms with van der Waals surface area (Å²) >= 11 is 0. The first-order valence-corrected chi connectivity index (χ1v) is 11.2. The predicted molar refractivity (Wildman–Crippen MR) is 120 cm³/mol. The number of amides is 1. The maximum atomic E-state index is 12.5. The molecular weight excluding hydrogens is 374 g/mol. The Morgan fingerprint density at radius 1 is 1.20 bits per heavy atom. The van der Waals surface area contributed by atoms with E-state index in [1.807, 2.05) is 6.20 Å². The Kier molecular flexibility index (Phi) is 5.98. The first kappa shape index (κ1) is 20.7. The number of carbonyl (C=O) groups is 1. The van der Waals surface area contributed by atoms with Crippen molar-refractivity contribution in [2.75, 3.05) is 18.0 Å². The number of ether oxygens (including phenoxy) is 1. The number of nitrogens with one attached hydrogen (secondary N) is 1. The molecule has 30 heavy (non-hydrogen) atoms. The van der Waals surface area contributed by atoms with Gasteiger partial charge in [0.2, 0.25) is 5.91 Å². The highest BCUT2D eigenvalue weighted by Crippen LogP contribution is 2.39. The smallest absolute Gasteiger partial charge is 0.224 e. The van der Waals surface area contributed by atoms with Crippen molar-refractivity contribution in [1.29, 1.82) is 0 Å². The van der Waals surface area contributed by atoms with E-state index in [-0.39, 0.29) is 17.6 Å². The normalized spacial score (nSPS) is 19.0. The van der Waals surface area contributed by atoms with Gasteiger partial charge in [0.05, 0.1) is 24.5 Å². The van der Waals surface area contributed by atoms with Crippen LogP contribution in [0.1, 0.15) is 63.5 Å². The van der Waals surface area contributed by atoms with Gasteiger partial charge in [0.1, 0.15) is 11.4 Å². The summed E-state index contributed by atoms with van der Waals surface area (Å²) in [7, 11) is 0. The average molecular weight is 408 g/mol. The summed E-state index contributed by atoms with van der Waals surface area (Å²) in [6.45, 7) is 7.99. The largest absolute Gasteiger partial charge is 0.486 e. The molecule has 1 aromatic heterocycles. The van der Waals surface area contributed by atoms with Gasteiger partial charge in [-0.3, -0.25) is 9.78 Å². The van der Waals surface area contributed by atoms with E-state index in [1.165, 1.54) is 18.4 Å². The van der Waals surface area contributed by atoms with E-state index < -0.39 is 0 Å². The first-order valence-electron chi connectivity index (χ1n) is 11.2. The van der Waals surface area contributed by atoms with Crippen LogP contribution in [-0.4, -0.2) is 35.6 Å². The fraction of sp³-hybridized carbons (Fsp3) is 0.520.